The molecule has 9 nitrogen and oxygen atoms in total. The van der Waals surface area contributed by atoms with Crippen LogP contribution in [0.15, 0.2) is 54.6 Å². The number of hydrazine groups is 1. The highest BCUT2D eigenvalue weighted by atomic mass is 32.1. The molecule has 10 heteroatoms. The fourth-order valence-corrected chi connectivity index (χ4v) is 3.42. The topological polar surface area (TPSA) is 109 Å². The van der Waals surface area contributed by atoms with Gasteiger partial charge in [0.2, 0.25) is 11.8 Å². The zero-order chi connectivity index (χ0) is 23.6. The fraction of sp³-hybridized carbons (Fsp3) is 0.304. The second-order valence-corrected chi connectivity index (χ2v) is 7.83. The molecule has 1 unspecified atom stereocenters. The van der Waals surface area contributed by atoms with Gasteiger partial charge >= 0.3 is 0 Å². The van der Waals surface area contributed by atoms with E-state index in [1.807, 2.05) is 30.3 Å². The number of hydrogen-bond donors (Lipinski definition) is 3. The first-order valence-electron chi connectivity index (χ1n) is 10.4. The van der Waals surface area contributed by atoms with Crippen LogP contribution in [0.1, 0.15) is 22.3 Å². The molecular formula is C23H26N4O5S. The van der Waals surface area contributed by atoms with Gasteiger partial charge in [0.25, 0.3) is 5.91 Å². The molecule has 1 aliphatic heterocycles. The average Bonchev–Trinajstić information content (AvgIpc) is 3.19. The van der Waals surface area contributed by atoms with E-state index < -0.39 is 11.8 Å². The Bertz CT molecular complexity index is 984. The van der Waals surface area contributed by atoms with Gasteiger partial charge in [-0.2, -0.15) is 0 Å². The SMILES string of the molecule is COCCOc1ccc(C(=O)NC(=S)NNC(=O)C2CC(=O)N(Cc3ccccc3)C2)cc1. The summed E-state index contributed by atoms with van der Waals surface area (Å²) >= 11 is 5.08. The Morgan fingerprint density at radius 1 is 1.06 bits per heavy atom. The summed E-state index contributed by atoms with van der Waals surface area (Å²) < 4.78 is 10.4. The predicted octanol–water partition coefficient (Wildman–Crippen LogP) is 1.40. The minimum absolute atomic E-state index is 0.0563. The first-order valence-corrected chi connectivity index (χ1v) is 10.8. The number of methoxy groups -OCH3 is 1. The van der Waals surface area contributed by atoms with Crippen molar-refractivity contribution in [1.29, 1.82) is 0 Å². The van der Waals surface area contributed by atoms with Gasteiger partial charge in [-0.15, -0.1) is 0 Å². The molecule has 1 heterocycles. The molecule has 0 aliphatic carbocycles. The Balaban J connectivity index is 1.41. The minimum Gasteiger partial charge on any atom is -0.491 e. The molecule has 0 bridgehead atoms. The number of benzene rings is 2. The van der Waals surface area contributed by atoms with Crippen LogP contribution in [-0.4, -0.2) is 54.6 Å². The van der Waals surface area contributed by atoms with Gasteiger partial charge in [0.15, 0.2) is 5.11 Å². The predicted molar refractivity (Wildman–Crippen MR) is 125 cm³/mol. The third-order valence-electron chi connectivity index (χ3n) is 5.00. The van der Waals surface area contributed by atoms with E-state index in [9.17, 15) is 14.4 Å². The summed E-state index contributed by atoms with van der Waals surface area (Å²) in [6, 6.07) is 16.1. The third kappa shape index (κ3) is 7.26. The first-order chi connectivity index (χ1) is 16.0. The van der Waals surface area contributed by atoms with Crippen molar-refractivity contribution in [3.8, 4) is 5.75 Å². The van der Waals surface area contributed by atoms with Crippen LogP contribution in [0, 0.1) is 5.92 Å². The Morgan fingerprint density at radius 3 is 2.48 bits per heavy atom. The molecule has 174 valence electrons. The Morgan fingerprint density at radius 2 is 1.79 bits per heavy atom. The number of carbonyl (C=O) groups excluding carboxylic acids is 3. The number of rotatable bonds is 8. The highest BCUT2D eigenvalue weighted by Crippen LogP contribution is 2.20. The monoisotopic (exact) mass is 470 g/mol. The number of nitrogens with one attached hydrogen (secondary N) is 3. The number of amides is 3. The lowest BCUT2D eigenvalue weighted by molar-refractivity contribution is -0.129. The van der Waals surface area contributed by atoms with Crippen molar-refractivity contribution in [2.75, 3.05) is 26.9 Å². The standard InChI is InChI=1S/C23H26N4O5S/c1-31-11-12-32-19-9-7-17(8-10-19)21(29)24-23(33)26-25-22(30)18-13-20(28)27(15-18)14-16-5-3-2-4-6-16/h2-10,18H,11-15H2,1H3,(H,25,30)(H2,24,26,29,33). The maximum absolute atomic E-state index is 12.4. The molecule has 3 N–H and O–H groups in total. The van der Waals surface area contributed by atoms with Crippen molar-refractivity contribution in [1.82, 2.24) is 21.1 Å². The van der Waals surface area contributed by atoms with Crippen molar-refractivity contribution in [3.63, 3.8) is 0 Å². The van der Waals surface area contributed by atoms with Gasteiger partial charge in [-0.05, 0) is 42.0 Å². The van der Waals surface area contributed by atoms with Crippen LogP contribution in [0.25, 0.3) is 0 Å². The molecule has 0 aromatic heterocycles. The summed E-state index contributed by atoms with van der Waals surface area (Å²) in [7, 11) is 1.59. The van der Waals surface area contributed by atoms with Crippen molar-refractivity contribution < 1.29 is 23.9 Å². The molecule has 3 amide bonds. The van der Waals surface area contributed by atoms with Gasteiger partial charge in [0.1, 0.15) is 12.4 Å². The van der Waals surface area contributed by atoms with Crippen LogP contribution in [0.2, 0.25) is 0 Å². The Labute approximate surface area is 197 Å². The lowest BCUT2D eigenvalue weighted by Crippen LogP contribution is -2.50. The second kappa shape index (κ2) is 11.9. The van der Waals surface area contributed by atoms with Gasteiger partial charge in [-0.25, -0.2) is 0 Å². The molecule has 1 aliphatic rings. The Hall–Kier alpha value is -3.50. The number of nitrogens with zero attached hydrogens (tertiary/aromatic N) is 1. The molecule has 0 saturated carbocycles. The van der Waals surface area contributed by atoms with Crippen molar-refractivity contribution in [2.24, 2.45) is 5.92 Å². The lowest BCUT2D eigenvalue weighted by Gasteiger charge is -2.17. The van der Waals surface area contributed by atoms with Crippen molar-refractivity contribution in [3.05, 3.63) is 65.7 Å². The lowest BCUT2D eigenvalue weighted by atomic mass is 10.1. The van der Waals surface area contributed by atoms with E-state index in [0.717, 1.165) is 5.56 Å². The minimum atomic E-state index is -0.502. The van der Waals surface area contributed by atoms with Crippen LogP contribution in [0.4, 0.5) is 0 Å². The van der Waals surface area contributed by atoms with Crippen LogP contribution < -0.4 is 20.9 Å². The summed E-state index contributed by atoms with van der Waals surface area (Å²) in [5, 5.41) is 2.44. The molecule has 0 spiro atoms. The quantitative estimate of drug-likeness (QED) is 0.304. The molecule has 1 fully saturated rings. The first kappa shape index (κ1) is 24.1. The van der Waals surface area contributed by atoms with Gasteiger partial charge in [-0.1, -0.05) is 30.3 Å². The molecule has 2 aromatic rings. The van der Waals surface area contributed by atoms with Gasteiger partial charge in [0.05, 0.1) is 12.5 Å². The van der Waals surface area contributed by atoms with E-state index >= 15 is 0 Å². The highest BCUT2D eigenvalue weighted by molar-refractivity contribution is 7.80. The van der Waals surface area contributed by atoms with E-state index in [0.29, 0.717) is 37.6 Å². The normalized spacial score (nSPS) is 15.1. The summed E-state index contributed by atoms with van der Waals surface area (Å²) in [6.45, 7) is 1.65. The van der Waals surface area contributed by atoms with E-state index in [1.165, 1.54) is 0 Å². The van der Waals surface area contributed by atoms with Crippen molar-refractivity contribution >= 4 is 35.1 Å². The number of thiocarbonyl (C=S) groups is 1. The zero-order valence-corrected chi connectivity index (χ0v) is 19.0. The summed E-state index contributed by atoms with van der Waals surface area (Å²) in [5.41, 5.74) is 6.37. The van der Waals surface area contributed by atoms with E-state index in [1.54, 1.807) is 36.3 Å². The maximum Gasteiger partial charge on any atom is 0.257 e. The van der Waals surface area contributed by atoms with Gasteiger partial charge in [0, 0.05) is 32.2 Å². The third-order valence-corrected chi connectivity index (χ3v) is 5.20. The number of likely N-dealkylation sites (tertiary alicyclic amines) is 1. The molecular weight excluding hydrogens is 444 g/mol. The maximum atomic E-state index is 12.4. The zero-order valence-electron chi connectivity index (χ0n) is 18.2. The molecule has 1 atom stereocenters. The molecule has 3 rings (SSSR count). The summed E-state index contributed by atoms with van der Waals surface area (Å²) in [5.74, 6) is -0.769. The van der Waals surface area contributed by atoms with Crippen LogP contribution in [0.3, 0.4) is 0 Å². The van der Waals surface area contributed by atoms with E-state index in [2.05, 4.69) is 16.2 Å². The van der Waals surface area contributed by atoms with E-state index in [-0.39, 0.29) is 23.3 Å². The number of hydrogen-bond acceptors (Lipinski definition) is 6. The molecule has 2 aromatic carbocycles. The molecule has 33 heavy (non-hydrogen) atoms. The summed E-state index contributed by atoms with van der Waals surface area (Å²) in [6.07, 6.45) is 0.123. The summed E-state index contributed by atoms with van der Waals surface area (Å²) in [4.78, 5) is 38.7. The number of ether oxygens (including phenoxy) is 2. The van der Waals surface area contributed by atoms with Crippen LogP contribution >= 0.6 is 12.2 Å². The van der Waals surface area contributed by atoms with Crippen LogP contribution in [-0.2, 0) is 20.9 Å². The van der Waals surface area contributed by atoms with Crippen molar-refractivity contribution in [2.45, 2.75) is 13.0 Å². The number of carbonyl (C=O) groups is 3. The smallest absolute Gasteiger partial charge is 0.257 e. The molecule has 1 saturated heterocycles. The highest BCUT2D eigenvalue weighted by Gasteiger charge is 2.34. The van der Waals surface area contributed by atoms with Gasteiger partial charge < -0.3 is 14.4 Å². The Kier molecular flexibility index (Phi) is 8.73. The van der Waals surface area contributed by atoms with Crippen LogP contribution in [0.5, 0.6) is 5.75 Å². The molecule has 0 radical (unpaired) electrons. The second-order valence-electron chi connectivity index (χ2n) is 7.42. The average molecular weight is 471 g/mol. The largest absolute Gasteiger partial charge is 0.491 e. The van der Waals surface area contributed by atoms with E-state index in [4.69, 9.17) is 21.7 Å². The van der Waals surface area contributed by atoms with Gasteiger partial charge in [-0.3, -0.25) is 30.6 Å². The fourth-order valence-electron chi connectivity index (χ4n) is 3.28.